The molecule has 1 aromatic heterocycles. The number of hydrogen-bond acceptors (Lipinski definition) is 7. The molecule has 5 rings (SSSR count). The summed E-state index contributed by atoms with van der Waals surface area (Å²) < 4.78 is 34.1. The van der Waals surface area contributed by atoms with Crippen molar-refractivity contribution in [3.8, 4) is 22.8 Å². The quantitative estimate of drug-likeness (QED) is 0.366. The van der Waals surface area contributed by atoms with Gasteiger partial charge >= 0.3 is 5.97 Å². The maximum absolute atomic E-state index is 11.3. The van der Waals surface area contributed by atoms with Gasteiger partial charge in [0.25, 0.3) is 0 Å². The van der Waals surface area contributed by atoms with Crippen molar-refractivity contribution in [1.82, 2.24) is 4.98 Å². The Morgan fingerprint density at radius 3 is 2.70 bits per heavy atom. The van der Waals surface area contributed by atoms with Gasteiger partial charge in [-0.15, -0.1) is 0 Å². The molecule has 1 heterocycles. The van der Waals surface area contributed by atoms with Crippen LogP contribution >= 0.6 is 0 Å². The second-order valence-electron chi connectivity index (χ2n) is 9.74. The Hall–Kier alpha value is -3.43. The topological polar surface area (TPSA) is 123 Å². The van der Waals surface area contributed by atoms with Gasteiger partial charge in [-0.05, 0) is 65.3 Å². The molecule has 2 aliphatic rings. The van der Waals surface area contributed by atoms with Crippen LogP contribution in [0, 0.1) is 11.8 Å². The van der Waals surface area contributed by atoms with Crippen molar-refractivity contribution in [2.45, 2.75) is 32.0 Å². The van der Waals surface area contributed by atoms with Crippen molar-refractivity contribution in [2.75, 3.05) is 18.6 Å². The normalized spacial score (nSPS) is 19.7. The highest BCUT2D eigenvalue weighted by Gasteiger charge is 2.59. The Kier molecular flexibility index (Phi) is 6.92. The number of ether oxygens (including phenoxy) is 2. The minimum Gasteiger partial charge on any atom is -0.489 e. The van der Waals surface area contributed by atoms with Gasteiger partial charge in [0.2, 0.25) is 5.88 Å². The van der Waals surface area contributed by atoms with E-state index in [4.69, 9.17) is 9.47 Å². The average Bonchev–Trinajstić information content (AvgIpc) is 3.47. The number of aliphatic hydroxyl groups is 1. The summed E-state index contributed by atoms with van der Waals surface area (Å²) in [5, 5.41) is 19.2. The number of fused-ring (bicyclic) bond motifs is 3. The van der Waals surface area contributed by atoms with Crippen LogP contribution in [0.4, 0.5) is 0 Å². The summed E-state index contributed by atoms with van der Waals surface area (Å²) in [5.41, 5.74) is 5.40. The fourth-order valence-corrected chi connectivity index (χ4v) is 5.90. The molecule has 9 heteroatoms. The maximum atomic E-state index is 11.3. The Labute approximate surface area is 215 Å². The van der Waals surface area contributed by atoms with E-state index in [2.05, 4.69) is 4.98 Å². The van der Waals surface area contributed by atoms with Crippen LogP contribution in [0.1, 0.15) is 34.7 Å². The molecule has 2 N–H and O–H groups in total. The van der Waals surface area contributed by atoms with Crippen LogP contribution in [0.15, 0.2) is 54.6 Å². The van der Waals surface area contributed by atoms with Crippen LogP contribution in [0.5, 0.6) is 11.6 Å². The molecule has 37 heavy (non-hydrogen) atoms. The summed E-state index contributed by atoms with van der Waals surface area (Å²) in [7, 11) is -3.04. The molecule has 0 bridgehead atoms. The van der Waals surface area contributed by atoms with Crippen LogP contribution < -0.4 is 9.47 Å². The number of carboxylic acids is 1. The number of nitrogens with zero attached hydrogens (tertiary/aromatic N) is 1. The van der Waals surface area contributed by atoms with Gasteiger partial charge in [0.15, 0.2) is 0 Å². The first-order valence-corrected chi connectivity index (χ1v) is 14.3. The lowest BCUT2D eigenvalue weighted by Gasteiger charge is -2.13. The molecule has 0 radical (unpaired) electrons. The van der Waals surface area contributed by atoms with Gasteiger partial charge in [0, 0.05) is 23.8 Å². The van der Waals surface area contributed by atoms with Crippen molar-refractivity contribution in [1.29, 1.82) is 0 Å². The van der Waals surface area contributed by atoms with E-state index >= 15 is 0 Å². The number of carbonyl (C=O) groups is 1. The van der Waals surface area contributed by atoms with Gasteiger partial charge < -0.3 is 19.7 Å². The molecule has 0 unspecified atom stereocenters. The van der Waals surface area contributed by atoms with Gasteiger partial charge in [-0.3, -0.25) is 4.79 Å². The number of pyridine rings is 1. The number of aliphatic carboxylic acids is 1. The number of aliphatic hydroxyl groups excluding tert-OH is 1. The van der Waals surface area contributed by atoms with Gasteiger partial charge in [0.1, 0.15) is 22.2 Å². The van der Waals surface area contributed by atoms with Gasteiger partial charge in [-0.2, -0.15) is 0 Å². The first-order chi connectivity index (χ1) is 17.7. The Balaban J connectivity index is 1.22. The summed E-state index contributed by atoms with van der Waals surface area (Å²) in [5.74, 6) is 0.574. The highest BCUT2D eigenvalue weighted by atomic mass is 32.2. The fourth-order valence-electron chi connectivity index (χ4n) is 5.25. The zero-order chi connectivity index (χ0) is 26.2. The molecular formula is C28H29NO7S. The number of sulfone groups is 1. The van der Waals surface area contributed by atoms with Crippen LogP contribution in [0.3, 0.4) is 0 Å². The van der Waals surface area contributed by atoms with Crippen LogP contribution in [-0.2, 0) is 34.3 Å². The number of benzene rings is 2. The summed E-state index contributed by atoms with van der Waals surface area (Å²) >= 11 is 0. The second-order valence-corrected chi connectivity index (χ2v) is 12.0. The number of aromatic nitrogens is 1. The minimum absolute atomic E-state index is 0.0461. The molecule has 8 nitrogen and oxygen atoms in total. The fraction of sp³-hybridized carbons (Fsp3) is 0.357. The van der Waals surface area contributed by atoms with E-state index in [1.807, 2.05) is 48.5 Å². The van der Waals surface area contributed by atoms with E-state index < -0.39 is 15.8 Å². The van der Waals surface area contributed by atoms with Crippen molar-refractivity contribution < 1.29 is 32.9 Å². The predicted molar refractivity (Wildman–Crippen MR) is 137 cm³/mol. The van der Waals surface area contributed by atoms with Crippen LogP contribution in [0.25, 0.3) is 11.1 Å². The van der Waals surface area contributed by atoms with Crippen molar-refractivity contribution in [3.63, 3.8) is 0 Å². The van der Waals surface area contributed by atoms with Gasteiger partial charge in [-0.25, -0.2) is 13.4 Å². The molecule has 1 saturated carbocycles. The summed E-state index contributed by atoms with van der Waals surface area (Å²) in [6, 6.07) is 17.3. The molecule has 2 aromatic carbocycles. The van der Waals surface area contributed by atoms with Crippen LogP contribution in [-0.4, -0.2) is 48.2 Å². The van der Waals surface area contributed by atoms with E-state index in [1.54, 1.807) is 6.07 Å². The first kappa shape index (κ1) is 25.2. The number of rotatable bonds is 11. The molecule has 3 aromatic rings. The monoisotopic (exact) mass is 523 g/mol. The Bertz CT molecular complexity index is 1440. The van der Waals surface area contributed by atoms with E-state index in [-0.39, 0.29) is 36.7 Å². The third-order valence-corrected chi connectivity index (χ3v) is 8.06. The summed E-state index contributed by atoms with van der Waals surface area (Å²) in [6.07, 6.45) is 2.35. The maximum Gasteiger partial charge on any atom is 0.307 e. The summed E-state index contributed by atoms with van der Waals surface area (Å²) in [4.78, 5) is 15.7. The Morgan fingerprint density at radius 2 is 1.95 bits per heavy atom. The van der Waals surface area contributed by atoms with Crippen molar-refractivity contribution in [2.24, 2.45) is 11.8 Å². The largest absolute Gasteiger partial charge is 0.489 e. The van der Waals surface area contributed by atoms with Crippen molar-refractivity contribution >= 4 is 15.8 Å². The predicted octanol–water partition coefficient (Wildman–Crippen LogP) is 3.60. The molecular weight excluding hydrogens is 494 g/mol. The van der Waals surface area contributed by atoms with Gasteiger partial charge in [0.05, 0.1) is 30.6 Å². The highest BCUT2D eigenvalue weighted by Crippen LogP contribution is 2.61. The smallest absolute Gasteiger partial charge is 0.307 e. The molecule has 0 amide bonds. The van der Waals surface area contributed by atoms with E-state index in [0.717, 1.165) is 34.4 Å². The SMILES string of the molecule is CS(=O)(=O)CCCOc1ccc(-c2cccc(COc3ccc4c(c3)C[C@H]3[C@H](C(=O)O)[C@@H]43)c2)c(CO)n1. The van der Waals surface area contributed by atoms with Crippen LogP contribution in [0.2, 0.25) is 0 Å². The molecule has 1 fully saturated rings. The molecule has 0 saturated heterocycles. The minimum atomic E-state index is -3.04. The number of carboxylic acid groups (broad SMARTS) is 1. The number of hydrogen-bond donors (Lipinski definition) is 2. The first-order valence-electron chi connectivity index (χ1n) is 12.2. The molecule has 3 atom stereocenters. The standard InChI is InChI=1S/C28H29NO7S/c1-37(33,34)11-3-10-35-25-9-8-21(24(15-30)29-25)18-5-2-4-17(12-18)16-36-20-6-7-22-19(13-20)14-23-26(22)27(23)28(31)32/h2,4-9,12-13,23,26-27,30H,3,10-11,14-16H2,1H3,(H,31,32)/t23-,26+,27+/m1/s1. The molecule has 0 aliphatic heterocycles. The van der Waals surface area contributed by atoms with E-state index in [1.165, 1.54) is 11.8 Å². The third kappa shape index (κ3) is 5.62. The average molecular weight is 524 g/mol. The lowest BCUT2D eigenvalue weighted by atomic mass is 10.0. The zero-order valence-electron chi connectivity index (χ0n) is 20.5. The highest BCUT2D eigenvalue weighted by molar-refractivity contribution is 7.90. The molecule has 0 spiro atoms. The zero-order valence-corrected chi connectivity index (χ0v) is 21.3. The molecule has 2 aliphatic carbocycles. The van der Waals surface area contributed by atoms with E-state index in [9.17, 15) is 23.4 Å². The van der Waals surface area contributed by atoms with Crippen molar-refractivity contribution in [3.05, 3.63) is 77.0 Å². The Morgan fingerprint density at radius 1 is 1.11 bits per heavy atom. The molecule has 194 valence electrons. The second kappa shape index (κ2) is 10.1. The van der Waals surface area contributed by atoms with Gasteiger partial charge in [-0.1, -0.05) is 24.3 Å². The lowest BCUT2D eigenvalue weighted by molar-refractivity contribution is -0.139. The lowest BCUT2D eigenvalue weighted by Crippen LogP contribution is -2.09. The van der Waals surface area contributed by atoms with E-state index in [0.29, 0.717) is 24.6 Å². The third-order valence-electron chi connectivity index (χ3n) is 7.03. The summed E-state index contributed by atoms with van der Waals surface area (Å²) in [6.45, 7) is 0.318.